The first-order valence-electron chi connectivity index (χ1n) is 8.73. The van der Waals surface area contributed by atoms with Gasteiger partial charge in [-0.25, -0.2) is 4.79 Å². The van der Waals surface area contributed by atoms with Crippen LogP contribution in [0.5, 0.6) is 0 Å². The van der Waals surface area contributed by atoms with Crippen molar-refractivity contribution in [2.75, 3.05) is 24.5 Å². The summed E-state index contributed by atoms with van der Waals surface area (Å²) in [6.45, 7) is 1.22. The summed E-state index contributed by atoms with van der Waals surface area (Å²) in [7, 11) is 1.37. The molecule has 144 valence electrons. The van der Waals surface area contributed by atoms with E-state index in [0.717, 1.165) is 18.9 Å². The summed E-state index contributed by atoms with van der Waals surface area (Å²) in [5.74, 6) is 0.515. The molecule has 3 heterocycles. The molecule has 0 unspecified atom stereocenters. The Morgan fingerprint density at radius 1 is 1.33 bits per heavy atom. The first-order chi connectivity index (χ1) is 12.8. The Labute approximate surface area is 159 Å². The molecular weight excluding hydrogens is 379 g/mol. The molecule has 1 saturated carbocycles. The number of alkyl halides is 3. The Kier molecular flexibility index (Phi) is 4.41. The fraction of sp³-hybridized carbons (Fsp3) is 0.556. The quantitative estimate of drug-likeness (QED) is 0.673. The van der Waals surface area contributed by atoms with Crippen molar-refractivity contribution in [3.05, 3.63) is 29.3 Å². The van der Waals surface area contributed by atoms with E-state index >= 15 is 0 Å². The maximum absolute atomic E-state index is 13.3. The van der Waals surface area contributed by atoms with Gasteiger partial charge in [0, 0.05) is 36.0 Å². The highest BCUT2D eigenvalue weighted by Gasteiger charge is 2.54. The molecule has 5 rings (SSSR count). The standard InChI is InChI=1S/C18H18F3N3O2S/c1-26-17(25)23-8-11-3-5-15(23)13-9-24(27-16(11)13)12-4-2-10(7-22)14(6-12)18(19,20)21/h2,4,6,11,13,15-16H,3,5,8-9H2,1H3/t11-,13+,15-,16-/m1/s1. The van der Waals surface area contributed by atoms with E-state index in [9.17, 15) is 18.0 Å². The lowest BCUT2D eigenvalue weighted by Gasteiger charge is -2.50. The fourth-order valence-electron chi connectivity index (χ4n) is 4.59. The Hall–Kier alpha value is -2.08. The van der Waals surface area contributed by atoms with E-state index in [1.54, 1.807) is 29.0 Å². The molecule has 1 aromatic rings. The van der Waals surface area contributed by atoms with Gasteiger partial charge >= 0.3 is 12.3 Å². The molecule has 0 radical (unpaired) electrons. The number of carbonyl (C=O) groups excluding carboxylic acids is 1. The predicted molar refractivity (Wildman–Crippen MR) is 94.0 cm³/mol. The zero-order valence-corrected chi connectivity index (χ0v) is 15.4. The van der Waals surface area contributed by atoms with Crippen molar-refractivity contribution < 1.29 is 22.7 Å². The number of ether oxygens (including phenoxy) is 1. The average molecular weight is 397 g/mol. The minimum atomic E-state index is -4.57. The first-order valence-corrected chi connectivity index (χ1v) is 9.57. The molecule has 4 fully saturated rings. The monoisotopic (exact) mass is 397 g/mol. The maximum atomic E-state index is 13.3. The van der Waals surface area contributed by atoms with Gasteiger partial charge in [-0.1, -0.05) is 0 Å². The highest BCUT2D eigenvalue weighted by molar-refractivity contribution is 8.01. The lowest BCUT2D eigenvalue weighted by atomic mass is 9.72. The van der Waals surface area contributed by atoms with Gasteiger partial charge < -0.3 is 13.9 Å². The van der Waals surface area contributed by atoms with E-state index in [-0.39, 0.29) is 28.9 Å². The number of halogens is 3. The zero-order valence-electron chi connectivity index (χ0n) is 14.6. The summed E-state index contributed by atoms with van der Waals surface area (Å²) >= 11 is 1.57. The van der Waals surface area contributed by atoms with Gasteiger partial charge in [-0.3, -0.25) is 0 Å². The van der Waals surface area contributed by atoms with E-state index < -0.39 is 11.7 Å². The van der Waals surface area contributed by atoms with Crippen molar-refractivity contribution in [3.63, 3.8) is 0 Å². The first kappa shape index (κ1) is 18.3. The van der Waals surface area contributed by atoms with Crippen molar-refractivity contribution in [3.8, 4) is 6.07 Å². The van der Waals surface area contributed by atoms with Crippen LogP contribution in [-0.2, 0) is 10.9 Å². The molecule has 3 saturated heterocycles. The maximum Gasteiger partial charge on any atom is 0.417 e. The second-order valence-electron chi connectivity index (χ2n) is 7.16. The number of hydrogen-bond donors (Lipinski definition) is 0. The van der Waals surface area contributed by atoms with Gasteiger partial charge in [0.05, 0.1) is 24.3 Å². The number of fused-ring (bicyclic) bond motifs is 2. The zero-order chi connectivity index (χ0) is 19.3. The van der Waals surface area contributed by atoms with Gasteiger partial charge in [0.15, 0.2) is 0 Å². The molecule has 9 heteroatoms. The number of methoxy groups -OCH3 is 1. The van der Waals surface area contributed by atoms with Crippen LogP contribution in [0.3, 0.4) is 0 Å². The number of rotatable bonds is 1. The molecule has 27 heavy (non-hydrogen) atoms. The van der Waals surface area contributed by atoms with Crippen molar-refractivity contribution in [1.82, 2.24) is 4.90 Å². The van der Waals surface area contributed by atoms with Crippen LogP contribution in [0.4, 0.5) is 23.7 Å². The fourth-order valence-corrected chi connectivity index (χ4v) is 6.19. The van der Waals surface area contributed by atoms with E-state index in [1.165, 1.54) is 13.2 Å². The Morgan fingerprint density at radius 2 is 2.11 bits per heavy atom. The lowest BCUT2D eigenvalue weighted by Crippen LogP contribution is -2.60. The predicted octanol–water partition coefficient (Wildman–Crippen LogP) is 3.89. The summed E-state index contributed by atoms with van der Waals surface area (Å²) in [4.78, 5) is 13.8. The Morgan fingerprint density at radius 3 is 2.78 bits per heavy atom. The summed E-state index contributed by atoms with van der Waals surface area (Å²) < 4.78 is 46.6. The molecule has 0 N–H and O–H groups in total. The van der Waals surface area contributed by atoms with Crippen molar-refractivity contribution in [2.45, 2.75) is 30.3 Å². The van der Waals surface area contributed by atoms with Gasteiger partial charge in [-0.15, -0.1) is 0 Å². The molecule has 2 bridgehead atoms. The van der Waals surface area contributed by atoms with E-state index in [1.807, 2.05) is 4.31 Å². The largest absolute Gasteiger partial charge is 0.453 e. The number of piperidine rings is 2. The Balaban J connectivity index is 1.61. The third kappa shape index (κ3) is 3.00. The molecule has 0 aromatic heterocycles. The van der Waals surface area contributed by atoms with Crippen molar-refractivity contribution >= 4 is 23.7 Å². The lowest BCUT2D eigenvalue weighted by molar-refractivity contribution is -0.137. The number of nitriles is 1. The molecule has 1 aliphatic carbocycles. The topological polar surface area (TPSA) is 56.6 Å². The van der Waals surface area contributed by atoms with Crippen molar-refractivity contribution in [2.24, 2.45) is 11.8 Å². The van der Waals surface area contributed by atoms with Crippen LogP contribution < -0.4 is 4.31 Å². The molecular formula is C18H18F3N3O2S. The molecule has 0 spiro atoms. The van der Waals surface area contributed by atoms with E-state index in [2.05, 4.69) is 0 Å². The molecule has 1 aromatic carbocycles. The number of amides is 1. The number of benzene rings is 1. The minimum Gasteiger partial charge on any atom is -0.453 e. The summed E-state index contributed by atoms with van der Waals surface area (Å²) in [5.41, 5.74) is -0.827. The summed E-state index contributed by atoms with van der Waals surface area (Å²) in [6.07, 6.45) is -2.99. The molecule has 3 aliphatic heterocycles. The molecule has 4 atom stereocenters. The van der Waals surface area contributed by atoms with Crippen LogP contribution in [0.25, 0.3) is 0 Å². The third-order valence-electron chi connectivity index (χ3n) is 5.80. The van der Waals surface area contributed by atoms with Gasteiger partial charge in [0.25, 0.3) is 0 Å². The Bertz CT molecular complexity index is 810. The van der Waals surface area contributed by atoms with E-state index in [0.29, 0.717) is 24.7 Å². The van der Waals surface area contributed by atoms with Crippen LogP contribution in [0.2, 0.25) is 0 Å². The molecule has 5 nitrogen and oxygen atoms in total. The summed E-state index contributed by atoms with van der Waals surface area (Å²) in [5, 5.41) is 9.26. The minimum absolute atomic E-state index is 0.0606. The second kappa shape index (κ2) is 6.51. The van der Waals surface area contributed by atoms with Gasteiger partial charge in [-0.2, -0.15) is 18.4 Å². The van der Waals surface area contributed by atoms with Crippen molar-refractivity contribution in [1.29, 1.82) is 5.26 Å². The number of anilines is 1. The van der Waals surface area contributed by atoms with Gasteiger partial charge in [0.2, 0.25) is 0 Å². The van der Waals surface area contributed by atoms with Gasteiger partial charge in [-0.05, 0) is 48.9 Å². The molecule has 1 amide bonds. The second-order valence-corrected chi connectivity index (χ2v) is 8.36. The van der Waals surface area contributed by atoms with Crippen LogP contribution in [0.15, 0.2) is 18.2 Å². The highest BCUT2D eigenvalue weighted by atomic mass is 32.2. The highest BCUT2D eigenvalue weighted by Crippen LogP contribution is 2.52. The molecule has 4 aliphatic rings. The van der Waals surface area contributed by atoms with Crippen LogP contribution in [0, 0.1) is 23.2 Å². The number of carbonyl (C=O) groups is 1. The smallest absolute Gasteiger partial charge is 0.417 e. The van der Waals surface area contributed by atoms with Crippen LogP contribution in [0.1, 0.15) is 24.0 Å². The average Bonchev–Trinajstić information content (AvgIpc) is 3.13. The normalized spacial score (nSPS) is 29.4. The van der Waals surface area contributed by atoms with Gasteiger partial charge in [0.1, 0.15) is 0 Å². The summed E-state index contributed by atoms with van der Waals surface area (Å²) in [6, 6.07) is 5.53. The number of nitrogens with zero attached hydrogens (tertiary/aromatic N) is 3. The SMILES string of the molecule is COC(=O)N1C[C@H]2CC[C@@H]1[C@@H]1CN(c3ccc(C#N)c(C(F)(F)F)c3)S[C@H]21. The third-order valence-corrected chi connectivity index (χ3v) is 7.39. The number of hydrogen-bond acceptors (Lipinski definition) is 5. The van der Waals surface area contributed by atoms with E-state index in [4.69, 9.17) is 10.00 Å². The van der Waals surface area contributed by atoms with Crippen LogP contribution in [-0.4, -0.2) is 42.5 Å². The van der Waals surface area contributed by atoms with Crippen LogP contribution >= 0.6 is 11.9 Å².